The van der Waals surface area contributed by atoms with Crippen molar-refractivity contribution in [2.75, 3.05) is 0 Å². The molecule has 0 saturated heterocycles. The normalized spacial score (nSPS) is 11.8. The molecule has 0 atom stereocenters. The van der Waals surface area contributed by atoms with Crippen molar-refractivity contribution in [3.05, 3.63) is 215 Å². The van der Waals surface area contributed by atoms with Gasteiger partial charge in [0.25, 0.3) is 0 Å². The van der Waals surface area contributed by atoms with Crippen LogP contribution in [0.15, 0.2) is 182 Å². The van der Waals surface area contributed by atoms with Crippen LogP contribution >= 0.6 is 0 Å². The first-order chi connectivity index (χ1) is 25.8. The van der Waals surface area contributed by atoms with Gasteiger partial charge >= 0.3 is 0 Å². The smallest absolute Gasteiger partial charge is 0.000729 e. The first-order valence-electron chi connectivity index (χ1n) is 18.6. The van der Waals surface area contributed by atoms with Gasteiger partial charge < -0.3 is 0 Å². The lowest BCUT2D eigenvalue weighted by molar-refractivity contribution is 0.994. The van der Waals surface area contributed by atoms with E-state index in [1.807, 2.05) is 0 Å². The average molecular weight is 663 g/mol. The van der Waals surface area contributed by atoms with Crippen LogP contribution in [-0.4, -0.2) is 0 Å². The Morgan fingerprint density at radius 1 is 0.212 bits per heavy atom. The Morgan fingerprint density at radius 3 is 0.788 bits per heavy atom. The van der Waals surface area contributed by atoms with Crippen molar-refractivity contribution in [3.63, 3.8) is 0 Å². The molecule has 0 N–H and O–H groups in total. The highest BCUT2D eigenvalue weighted by Crippen LogP contribution is 2.39. The van der Waals surface area contributed by atoms with Gasteiger partial charge in [0.1, 0.15) is 0 Å². The predicted molar refractivity (Wildman–Crippen MR) is 224 cm³/mol. The first-order valence-corrected chi connectivity index (χ1v) is 18.6. The zero-order chi connectivity index (χ0) is 34.4. The standard InChI is InChI=1S/C52H38/c1-3-21-39-35(15-1)17-13-19-37(39)33-51-45-27-9-5-23-41(45)49(42-24-6-10-28-46(42)51)31-32-50-43-25-7-11-29-47(43)52(48-30-12-8-26-44(48)50)34-38-20-14-18-36-16-2-4-22-40(36)38/h1-30H,31-34H2. The van der Waals surface area contributed by atoms with Crippen LogP contribution in [0.25, 0.3) is 64.6 Å². The summed E-state index contributed by atoms with van der Waals surface area (Å²) >= 11 is 0. The predicted octanol–water partition coefficient (Wildman–Crippen LogP) is 13.6. The van der Waals surface area contributed by atoms with E-state index in [0.29, 0.717) is 0 Å². The molecule has 0 nitrogen and oxygen atoms in total. The molecule has 0 heteroatoms. The van der Waals surface area contributed by atoms with Gasteiger partial charge in [-0.3, -0.25) is 0 Å². The monoisotopic (exact) mass is 662 g/mol. The third kappa shape index (κ3) is 5.14. The summed E-state index contributed by atoms with van der Waals surface area (Å²) < 4.78 is 0. The topological polar surface area (TPSA) is 0 Å². The van der Waals surface area contributed by atoms with E-state index >= 15 is 0 Å². The molecule has 10 rings (SSSR count). The molecule has 0 spiro atoms. The van der Waals surface area contributed by atoms with E-state index in [-0.39, 0.29) is 0 Å². The van der Waals surface area contributed by atoms with E-state index in [1.54, 1.807) is 0 Å². The third-order valence-corrected chi connectivity index (χ3v) is 11.4. The Labute approximate surface area is 304 Å². The van der Waals surface area contributed by atoms with Gasteiger partial charge in [0.2, 0.25) is 0 Å². The van der Waals surface area contributed by atoms with Gasteiger partial charge in [-0.15, -0.1) is 0 Å². The Hall–Kier alpha value is -6.24. The van der Waals surface area contributed by atoms with Gasteiger partial charge in [0.05, 0.1) is 0 Å². The summed E-state index contributed by atoms with van der Waals surface area (Å²) in [6.45, 7) is 0. The van der Waals surface area contributed by atoms with Crippen LogP contribution in [-0.2, 0) is 25.7 Å². The van der Waals surface area contributed by atoms with Crippen molar-refractivity contribution in [2.24, 2.45) is 0 Å². The molecule has 0 heterocycles. The lowest BCUT2D eigenvalue weighted by Crippen LogP contribution is -2.02. The van der Waals surface area contributed by atoms with E-state index in [1.165, 1.54) is 98.0 Å². The van der Waals surface area contributed by atoms with Crippen molar-refractivity contribution in [2.45, 2.75) is 25.7 Å². The minimum absolute atomic E-state index is 0.899. The maximum atomic E-state index is 2.35. The minimum Gasteiger partial charge on any atom is -0.0616 e. The van der Waals surface area contributed by atoms with E-state index in [4.69, 9.17) is 0 Å². The highest BCUT2D eigenvalue weighted by molar-refractivity contribution is 6.08. The molecule has 0 aromatic heterocycles. The Bertz CT molecular complexity index is 2630. The van der Waals surface area contributed by atoms with Gasteiger partial charge in [-0.25, -0.2) is 0 Å². The van der Waals surface area contributed by atoms with E-state index in [2.05, 4.69) is 182 Å². The molecule has 0 fully saturated rings. The van der Waals surface area contributed by atoms with Gasteiger partial charge in [-0.2, -0.15) is 0 Å². The highest BCUT2D eigenvalue weighted by atomic mass is 14.2. The highest BCUT2D eigenvalue weighted by Gasteiger charge is 2.18. The summed E-state index contributed by atoms with van der Waals surface area (Å²) in [7, 11) is 0. The molecule has 0 aliphatic carbocycles. The van der Waals surface area contributed by atoms with Gasteiger partial charge in [0, 0.05) is 0 Å². The lowest BCUT2D eigenvalue weighted by atomic mass is 9.84. The molecule has 52 heavy (non-hydrogen) atoms. The molecule has 10 aromatic carbocycles. The van der Waals surface area contributed by atoms with E-state index in [0.717, 1.165) is 25.7 Å². The van der Waals surface area contributed by atoms with E-state index < -0.39 is 0 Å². The molecule has 246 valence electrons. The molecule has 10 aromatic rings. The number of hydrogen-bond acceptors (Lipinski definition) is 0. The summed E-state index contributed by atoms with van der Waals surface area (Å²) in [5.74, 6) is 0. The largest absolute Gasteiger partial charge is 0.0616 e. The number of fused-ring (bicyclic) bond motifs is 6. The van der Waals surface area contributed by atoms with Crippen LogP contribution in [0.5, 0.6) is 0 Å². The summed E-state index contributed by atoms with van der Waals surface area (Å²) in [5.41, 5.74) is 8.48. The Morgan fingerprint density at radius 2 is 0.462 bits per heavy atom. The molecular formula is C52H38. The third-order valence-electron chi connectivity index (χ3n) is 11.4. The fraction of sp³-hybridized carbons (Fsp3) is 0.0769. The SMILES string of the molecule is c1ccc2c(Cc3c4ccccc4c(CCc4c5ccccc5c(Cc5cccc6ccccc56)c5ccccc45)c4ccccc34)cccc2c1. The van der Waals surface area contributed by atoms with Crippen molar-refractivity contribution in [3.8, 4) is 0 Å². The van der Waals surface area contributed by atoms with Gasteiger partial charge in [-0.05, 0) is 124 Å². The van der Waals surface area contributed by atoms with Gasteiger partial charge in [0.15, 0.2) is 0 Å². The fourth-order valence-electron chi connectivity index (χ4n) is 9.06. The summed E-state index contributed by atoms with van der Waals surface area (Å²) in [4.78, 5) is 0. The van der Waals surface area contributed by atoms with Crippen LogP contribution in [0.2, 0.25) is 0 Å². The average Bonchev–Trinajstić information content (AvgIpc) is 3.21. The second-order valence-corrected chi connectivity index (χ2v) is 14.2. The number of rotatable bonds is 7. The molecule has 0 bridgehead atoms. The second kappa shape index (κ2) is 12.8. The van der Waals surface area contributed by atoms with Crippen molar-refractivity contribution in [1.82, 2.24) is 0 Å². The summed E-state index contributed by atoms with van der Waals surface area (Å²) in [5, 5.41) is 16.2. The first kappa shape index (κ1) is 30.6. The van der Waals surface area contributed by atoms with E-state index in [9.17, 15) is 0 Å². The molecule has 0 aliphatic rings. The maximum Gasteiger partial charge on any atom is -0.000729 e. The fourth-order valence-corrected chi connectivity index (χ4v) is 9.06. The Kier molecular flexibility index (Phi) is 7.54. The quantitative estimate of drug-likeness (QED) is 0.149. The zero-order valence-electron chi connectivity index (χ0n) is 29.1. The molecular weight excluding hydrogens is 625 g/mol. The number of hydrogen-bond donors (Lipinski definition) is 0. The molecule has 0 radical (unpaired) electrons. The number of benzene rings is 10. The molecule has 0 unspecified atom stereocenters. The van der Waals surface area contributed by atoms with Crippen molar-refractivity contribution < 1.29 is 0 Å². The van der Waals surface area contributed by atoms with Gasteiger partial charge in [-0.1, -0.05) is 182 Å². The van der Waals surface area contributed by atoms with Crippen LogP contribution < -0.4 is 0 Å². The molecule has 0 saturated carbocycles. The zero-order valence-corrected chi connectivity index (χ0v) is 29.1. The lowest BCUT2D eigenvalue weighted by Gasteiger charge is -2.20. The van der Waals surface area contributed by atoms with Crippen molar-refractivity contribution in [1.29, 1.82) is 0 Å². The second-order valence-electron chi connectivity index (χ2n) is 14.2. The van der Waals surface area contributed by atoms with Crippen LogP contribution in [0.1, 0.15) is 33.4 Å². The van der Waals surface area contributed by atoms with Crippen molar-refractivity contribution >= 4 is 64.6 Å². The Balaban J connectivity index is 1.11. The maximum absolute atomic E-state index is 2.35. The summed E-state index contributed by atoms with van der Waals surface area (Å²) in [6.07, 6.45) is 3.73. The molecule has 0 aliphatic heterocycles. The van der Waals surface area contributed by atoms with Crippen LogP contribution in [0, 0.1) is 0 Å². The molecule has 0 amide bonds. The van der Waals surface area contributed by atoms with Crippen LogP contribution in [0.3, 0.4) is 0 Å². The number of aryl methyl sites for hydroxylation is 2. The van der Waals surface area contributed by atoms with Crippen LogP contribution in [0.4, 0.5) is 0 Å². The summed E-state index contributed by atoms with van der Waals surface area (Å²) in [6, 6.07) is 67.6. The minimum atomic E-state index is 0.899.